The predicted octanol–water partition coefficient (Wildman–Crippen LogP) is 0.999. The maximum absolute atomic E-state index is 5.61. The summed E-state index contributed by atoms with van der Waals surface area (Å²) in [6.45, 7) is 8.30. The predicted molar refractivity (Wildman–Crippen MR) is 70.9 cm³/mol. The van der Waals surface area contributed by atoms with Gasteiger partial charge in [-0.05, 0) is 37.0 Å². The standard InChI is InChI=1S/C14H27N3/c15-3-4-16-5-7-17(8-6-16)11-14-10-12-1-2-13(14)9-12/h12-14H,1-11,15H2. The van der Waals surface area contributed by atoms with Crippen LogP contribution >= 0.6 is 0 Å². The molecule has 0 amide bonds. The van der Waals surface area contributed by atoms with Crippen LogP contribution in [0.3, 0.4) is 0 Å². The Morgan fingerprint density at radius 2 is 1.71 bits per heavy atom. The average Bonchev–Trinajstić information content (AvgIpc) is 2.94. The minimum atomic E-state index is 0.812. The molecule has 2 bridgehead atoms. The molecule has 0 radical (unpaired) electrons. The molecular formula is C14H27N3. The van der Waals surface area contributed by atoms with Crippen molar-refractivity contribution in [2.45, 2.75) is 25.7 Å². The number of piperazine rings is 1. The lowest BCUT2D eigenvalue weighted by molar-refractivity contribution is 0.108. The zero-order chi connectivity index (χ0) is 11.7. The second-order valence-corrected chi connectivity index (χ2v) is 6.37. The molecule has 17 heavy (non-hydrogen) atoms. The van der Waals surface area contributed by atoms with Crippen LogP contribution in [0.4, 0.5) is 0 Å². The third-order valence-corrected chi connectivity index (χ3v) is 5.29. The second kappa shape index (κ2) is 5.25. The molecule has 3 rings (SSSR count). The van der Waals surface area contributed by atoms with Gasteiger partial charge in [-0.1, -0.05) is 6.42 Å². The Morgan fingerprint density at radius 3 is 2.29 bits per heavy atom. The van der Waals surface area contributed by atoms with Crippen LogP contribution in [-0.2, 0) is 0 Å². The topological polar surface area (TPSA) is 32.5 Å². The van der Waals surface area contributed by atoms with Crippen LogP contribution in [0.1, 0.15) is 25.7 Å². The molecule has 3 unspecified atom stereocenters. The highest BCUT2D eigenvalue weighted by atomic mass is 15.3. The van der Waals surface area contributed by atoms with E-state index in [1.54, 1.807) is 6.42 Å². The Balaban J connectivity index is 1.42. The summed E-state index contributed by atoms with van der Waals surface area (Å²) in [7, 11) is 0. The van der Waals surface area contributed by atoms with Crippen LogP contribution in [0, 0.1) is 17.8 Å². The smallest absolute Gasteiger partial charge is 0.0110 e. The van der Waals surface area contributed by atoms with Gasteiger partial charge >= 0.3 is 0 Å². The first-order valence-corrected chi connectivity index (χ1v) is 7.50. The lowest BCUT2D eigenvalue weighted by Gasteiger charge is -2.37. The summed E-state index contributed by atoms with van der Waals surface area (Å²) in [6, 6.07) is 0. The molecule has 3 atom stereocenters. The quantitative estimate of drug-likeness (QED) is 0.792. The summed E-state index contributed by atoms with van der Waals surface area (Å²) in [5, 5.41) is 0. The van der Waals surface area contributed by atoms with E-state index in [1.807, 2.05) is 0 Å². The Hall–Kier alpha value is -0.120. The minimum absolute atomic E-state index is 0.812. The second-order valence-electron chi connectivity index (χ2n) is 6.37. The van der Waals surface area contributed by atoms with Crippen LogP contribution in [0.15, 0.2) is 0 Å². The van der Waals surface area contributed by atoms with Crippen molar-refractivity contribution >= 4 is 0 Å². The third-order valence-electron chi connectivity index (χ3n) is 5.29. The van der Waals surface area contributed by atoms with Gasteiger partial charge in [-0.25, -0.2) is 0 Å². The third kappa shape index (κ3) is 2.67. The molecule has 3 heteroatoms. The first-order chi connectivity index (χ1) is 8.35. The van der Waals surface area contributed by atoms with Crippen LogP contribution in [0.25, 0.3) is 0 Å². The molecule has 3 fully saturated rings. The first-order valence-electron chi connectivity index (χ1n) is 7.50. The molecule has 0 aromatic carbocycles. The van der Waals surface area contributed by atoms with Crippen molar-refractivity contribution in [1.82, 2.24) is 9.80 Å². The lowest BCUT2D eigenvalue weighted by atomic mass is 9.88. The van der Waals surface area contributed by atoms with Crippen LogP contribution < -0.4 is 5.73 Å². The Bertz CT molecular complexity index is 248. The first kappa shape index (κ1) is 11.9. The van der Waals surface area contributed by atoms with Gasteiger partial charge in [0.05, 0.1) is 0 Å². The van der Waals surface area contributed by atoms with E-state index in [0.717, 1.165) is 30.8 Å². The summed E-state index contributed by atoms with van der Waals surface area (Å²) in [6.07, 6.45) is 6.15. The molecule has 0 aromatic heterocycles. The molecule has 1 heterocycles. The van der Waals surface area contributed by atoms with E-state index in [4.69, 9.17) is 5.73 Å². The van der Waals surface area contributed by atoms with Gasteiger partial charge in [-0.3, -0.25) is 4.90 Å². The van der Waals surface area contributed by atoms with E-state index in [9.17, 15) is 0 Å². The molecule has 3 nitrogen and oxygen atoms in total. The number of hydrogen-bond donors (Lipinski definition) is 1. The van der Waals surface area contributed by atoms with Gasteiger partial charge in [0.1, 0.15) is 0 Å². The van der Waals surface area contributed by atoms with Gasteiger partial charge in [0, 0.05) is 45.8 Å². The molecule has 1 saturated heterocycles. The molecule has 0 spiro atoms. The van der Waals surface area contributed by atoms with Crippen molar-refractivity contribution in [2.75, 3.05) is 45.8 Å². The Kier molecular flexibility index (Phi) is 3.69. The minimum Gasteiger partial charge on any atom is -0.329 e. The molecule has 98 valence electrons. The highest BCUT2D eigenvalue weighted by Gasteiger charge is 2.40. The van der Waals surface area contributed by atoms with Crippen molar-refractivity contribution in [1.29, 1.82) is 0 Å². The summed E-state index contributed by atoms with van der Waals surface area (Å²) >= 11 is 0. The molecule has 3 aliphatic rings. The zero-order valence-corrected chi connectivity index (χ0v) is 11.0. The molecule has 2 N–H and O–H groups in total. The fraction of sp³-hybridized carbons (Fsp3) is 1.00. The fourth-order valence-electron chi connectivity index (χ4n) is 4.31. The molecule has 2 saturated carbocycles. The highest BCUT2D eigenvalue weighted by molar-refractivity contribution is 4.91. The Labute approximate surface area is 105 Å². The highest BCUT2D eigenvalue weighted by Crippen LogP contribution is 2.48. The van der Waals surface area contributed by atoms with Gasteiger partial charge in [-0.2, -0.15) is 0 Å². The monoisotopic (exact) mass is 237 g/mol. The molecule has 1 aliphatic heterocycles. The zero-order valence-electron chi connectivity index (χ0n) is 11.0. The maximum atomic E-state index is 5.61. The van der Waals surface area contributed by atoms with Gasteiger partial charge < -0.3 is 10.6 Å². The number of nitrogens with two attached hydrogens (primary N) is 1. The van der Waals surface area contributed by atoms with E-state index in [0.29, 0.717) is 0 Å². The van der Waals surface area contributed by atoms with Crippen molar-refractivity contribution < 1.29 is 0 Å². The van der Waals surface area contributed by atoms with Crippen molar-refractivity contribution in [3.63, 3.8) is 0 Å². The lowest BCUT2D eigenvalue weighted by Crippen LogP contribution is -2.49. The number of hydrogen-bond acceptors (Lipinski definition) is 3. The van der Waals surface area contributed by atoms with E-state index in [-0.39, 0.29) is 0 Å². The molecular weight excluding hydrogens is 210 g/mol. The summed E-state index contributed by atoms with van der Waals surface area (Å²) in [5.74, 6) is 3.22. The SMILES string of the molecule is NCCN1CCN(CC2CC3CCC2C3)CC1. The van der Waals surface area contributed by atoms with E-state index in [1.165, 1.54) is 52.0 Å². The van der Waals surface area contributed by atoms with Crippen molar-refractivity contribution in [2.24, 2.45) is 23.5 Å². The van der Waals surface area contributed by atoms with Gasteiger partial charge in [0.25, 0.3) is 0 Å². The van der Waals surface area contributed by atoms with Crippen LogP contribution in [0.5, 0.6) is 0 Å². The van der Waals surface area contributed by atoms with Crippen molar-refractivity contribution in [3.05, 3.63) is 0 Å². The molecule has 2 aliphatic carbocycles. The molecule has 0 aromatic rings. The van der Waals surface area contributed by atoms with Crippen LogP contribution in [0.2, 0.25) is 0 Å². The maximum Gasteiger partial charge on any atom is 0.0110 e. The average molecular weight is 237 g/mol. The van der Waals surface area contributed by atoms with Gasteiger partial charge in [0.2, 0.25) is 0 Å². The summed E-state index contributed by atoms with van der Waals surface area (Å²) in [4.78, 5) is 5.22. The van der Waals surface area contributed by atoms with E-state index < -0.39 is 0 Å². The van der Waals surface area contributed by atoms with Crippen LogP contribution in [-0.4, -0.2) is 55.6 Å². The van der Waals surface area contributed by atoms with Gasteiger partial charge in [-0.15, -0.1) is 0 Å². The normalized spacial score (nSPS) is 39.0. The summed E-state index contributed by atoms with van der Waals surface area (Å²) < 4.78 is 0. The number of fused-ring (bicyclic) bond motifs is 2. The Morgan fingerprint density at radius 1 is 0.941 bits per heavy atom. The van der Waals surface area contributed by atoms with Gasteiger partial charge in [0.15, 0.2) is 0 Å². The van der Waals surface area contributed by atoms with E-state index in [2.05, 4.69) is 9.80 Å². The van der Waals surface area contributed by atoms with Crippen molar-refractivity contribution in [3.8, 4) is 0 Å². The largest absolute Gasteiger partial charge is 0.329 e. The number of rotatable bonds is 4. The fourth-order valence-corrected chi connectivity index (χ4v) is 4.31. The summed E-state index contributed by atoms with van der Waals surface area (Å²) in [5.41, 5.74) is 5.61. The number of nitrogens with zero attached hydrogens (tertiary/aromatic N) is 2. The van der Waals surface area contributed by atoms with E-state index >= 15 is 0 Å².